The Kier molecular flexibility index (Phi) is 3.88. The highest BCUT2D eigenvalue weighted by atomic mass is 19.1. The fourth-order valence-electron chi connectivity index (χ4n) is 1.60. The van der Waals surface area contributed by atoms with Crippen molar-refractivity contribution in [1.29, 1.82) is 0 Å². The number of aromatic nitrogens is 2. The van der Waals surface area contributed by atoms with Gasteiger partial charge in [0.2, 0.25) is 11.7 Å². The summed E-state index contributed by atoms with van der Waals surface area (Å²) in [5.41, 5.74) is 6.21. The van der Waals surface area contributed by atoms with Gasteiger partial charge in [0.05, 0.1) is 0 Å². The monoisotopic (exact) mass is 251 g/mol. The minimum absolute atomic E-state index is 0.0653. The van der Waals surface area contributed by atoms with Crippen LogP contribution in [0.5, 0.6) is 5.75 Å². The van der Waals surface area contributed by atoms with E-state index in [9.17, 15) is 4.39 Å². The Morgan fingerprint density at radius 1 is 1.44 bits per heavy atom. The van der Waals surface area contributed by atoms with E-state index in [2.05, 4.69) is 10.1 Å². The third-order valence-corrected chi connectivity index (χ3v) is 2.38. The van der Waals surface area contributed by atoms with Crippen molar-refractivity contribution >= 4 is 0 Å². The zero-order chi connectivity index (χ0) is 13.0. The minimum atomic E-state index is -0.416. The van der Waals surface area contributed by atoms with Crippen molar-refractivity contribution in [2.75, 3.05) is 6.54 Å². The summed E-state index contributed by atoms with van der Waals surface area (Å²) in [6.07, 6.45) is 0.554. The van der Waals surface area contributed by atoms with Gasteiger partial charge in [-0.25, -0.2) is 4.39 Å². The van der Waals surface area contributed by atoms with Crippen LogP contribution in [0.4, 0.5) is 4.39 Å². The van der Waals surface area contributed by atoms with Crippen LogP contribution in [0.3, 0.4) is 0 Å². The van der Waals surface area contributed by atoms with Crippen molar-refractivity contribution in [3.63, 3.8) is 0 Å². The average Bonchev–Trinajstić information content (AvgIpc) is 2.75. The SMILES string of the molecule is Cc1nc(COc2c(F)cccc2CCN)no1. The summed E-state index contributed by atoms with van der Waals surface area (Å²) >= 11 is 0. The first-order valence-corrected chi connectivity index (χ1v) is 5.60. The summed E-state index contributed by atoms with van der Waals surface area (Å²) in [6, 6.07) is 4.76. The lowest BCUT2D eigenvalue weighted by Gasteiger charge is -2.10. The highest BCUT2D eigenvalue weighted by Gasteiger charge is 2.11. The van der Waals surface area contributed by atoms with Gasteiger partial charge in [0.15, 0.2) is 18.2 Å². The number of nitrogens with zero attached hydrogens (tertiary/aromatic N) is 2. The molecule has 0 amide bonds. The number of benzene rings is 1. The molecule has 6 heteroatoms. The number of halogens is 1. The number of hydrogen-bond donors (Lipinski definition) is 1. The van der Waals surface area contributed by atoms with E-state index in [4.69, 9.17) is 15.0 Å². The van der Waals surface area contributed by atoms with Crippen molar-refractivity contribution in [2.24, 2.45) is 5.73 Å². The molecule has 5 nitrogen and oxygen atoms in total. The molecule has 1 heterocycles. The zero-order valence-electron chi connectivity index (χ0n) is 10.0. The number of ether oxygens (including phenoxy) is 1. The Morgan fingerprint density at radius 3 is 2.94 bits per heavy atom. The molecule has 0 saturated carbocycles. The second kappa shape index (κ2) is 5.59. The van der Waals surface area contributed by atoms with Crippen LogP contribution in [0.1, 0.15) is 17.3 Å². The maximum Gasteiger partial charge on any atom is 0.223 e. The molecule has 0 atom stereocenters. The molecule has 0 bridgehead atoms. The summed E-state index contributed by atoms with van der Waals surface area (Å²) in [5.74, 6) is 0.616. The van der Waals surface area contributed by atoms with Crippen molar-refractivity contribution in [1.82, 2.24) is 10.1 Å². The van der Waals surface area contributed by atoms with Gasteiger partial charge in [-0.15, -0.1) is 0 Å². The Labute approximate surface area is 104 Å². The Bertz CT molecular complexity index is 528. The molecule has 2 rings (SSSR count). The van der Waals surface area contributed by atoms with Crippen LogP contribution in [0.2, 0.25) is 0 Å². The van der Waals surface area contributed by atoms with E-state index in [0.717, 1.165) is 5.56 Å². The van der Waals surface area contributed by atoms with Crippen molar-refractivity contribution in [3.05, 3.63) is 41.3 Å². The quantitative estimate of drug-likeness (QED) is 0.873. The topological polar surface area (TPSA) is 74.2 Å². The predicted octanol–water partition coefficient (Wildman–Crippen LogP) is 1.60. The molecule has 1 aromatic heterocycles. The van der Waals surface area contributed by atoms with E-state index in [1.54, 1.807) is 19.1 Å². The fraction of sp³-hybridized carbons (Fsp3) is 0.333. The number of nitrogens with two attached hydrogens (primary N) is 1. The van der Waals surface area contributed by atoms with Crippen molar-refractivity contribution in [2.45, 2.75) is 20.0 Å². The molecule has 2 N–H and O–H groups in total. The molecule has 0 aliphatic carbocycles. The molecule has 1 aromatic carbocycles. The van der Waals surface area contributed by atoms with Crippen LogP contribution >= 0.6 is 0 Å². The predicted molar refractivity (Wildman–Crippen MR) is 62.5 cm³/mol. The summed E-state index contributed by atoms with van der Waals surface area (Å²) in [7, 11) is 0. The molecule has 0 aliphatic rings. The summed E-state index contributed by atoms with van der Waals surface area (Å²) < 4.78 is 23.9. The first-order chi connectivity index (χ1) is 8.70. The minimum Gasteiger partial charge on any atom is -0.482 e. The molecule has 0 saturated heterocycles. The van der Waals surface area contributed by atoms with E-state index in [-0.39, 0.29) is 12.4 Å². The molecule has 18 heavy (non-hydrogen) atoms. The largest absolute Gasteiger partial charge is 0.482 e. The standard InChI is InChI=1S/C12H14FN3O2/c1-8-15-11(16-18-8)7-17-12-9(5-6-14)3-2-4-10(12)13/h2-4H,5-7,14H2,1H3. The molecule has 96 valence electrons. The molecular weight excluding hydrogens is 237 g/mol. The van der Waals surface area contributed by atoms with Crippen LogP contribution in [0.25, 0.3) is 0 Å². The Morgan fingerprint density at radius 2 is 2.28 bits per heavy atom. The highest BCUT2D eigenvalue weighted by Crippen LogP contribution is 2.23. The maximum absolute atomic E-state index is 13.7. The lowest BCUT2D eigenvalue weighted by molar-refractivity contribution is 0.270. The first kappa shape index (κ1) is 12.5. The maximum atomic E-state index is 13.7. The highest BCUT2D eigenvalue weighted by molar-refractivity contribution is 5.35. The molecule has 0 spiro atoms. The second-order valence-corrected chi connectivity index (χ2v) is 3.79. The van der Waals surface area contributed by atoms with Crippen LogP contribution in [0.15, 0.2) is 22.7 Å². The molecule has 0 radical (unpaired) electrons. The fourth-order valence-corrected chi connectivity index (χ4v) is 1.60. The molecular formula is C12H14FN3O2. The second-order valence-electron chi connectivity index (χ2n) is 3.79. The van der Waals surface area contributed by atoms with Gasteiger partial charge in [-0.2, -0.15) is 4.98 Å². The lowest BCUT2D eigenvalue weighted by Crippen LogP contribution is -2.07. The summed E-state index contributed by atoms with van der Waals surface area (Å²) in [6.45, 7) is 2.18. The van der Waals surface area contributed by atoms with Gasteiger partial charge in [-0.1, -0.05) is 17.3 Å². The van der Waals surface area contributed by atoms with E-state index in [1.807, 2.05) is 0 Å². The first-order valence-electron chi connectivity index (χ1n) is 5.60. The number of hydrogen-bond acceptors (Lipinski definition) is 5. The van der Waals surface area contributed by atoms with Crippen LogP contribution < -0.4 is 10.5 Å². The zero-order valence-corrected chi connectivity index (χ0v) is 10.0. The third-order valence-electron chi connectivity index (χ3n) is 2.38. The summed E-state index contributed by atoms with van der Waals surface area (Å²) in [4.78, 5) is 3.98. The van der Waals surface area contributed by atoms with Crippen LogP contribution in [-0.2, 0) is 13.0 Å². The Hall–Kier alpha value is -1.95. The number of rotatable bonds is 5. The van der Waals surface area contributed by atoms with Gasteiger partial charge in [-0.3, -0.25) is 0 Å². The lowest BCUT2D eigenvalue weighted by atomic mass is 10.1. The van der Waals surface area contributed by atoms with Crippen molar-refractivity contribution in [3.8, 4) is 5.75 Å². The van der Waals surface area contributed by atoms with E-state index in [0.29, 0.717) is 24.7 Å². The molecule has 2 aromatic rings. The van der Waals surface area contributed by atoms with Crippen LogP contribution in [0, 0.1) is 12.7 Å². The molecule has 0 unspecified atom stereocenters. The van der Waals surface area contributed by atoms with Gasteiger partial charge >= 0.3 is 0 Å². The normalized spacial score (nSPS) is 10.6. The number of para-hydroxylation sites is 1. The third kappa shape index (κ3) is 2.84. The van der Waals surface area contributed by atoms with Gasteiger partial charge in [0.1, 0.15) is 0 Å². The number of aryl methyl sites for hydroxylation is 1. The molecule has 0 fully saturated rings. The van der Waals surface area contributed by atoms with E-state index >= 15 is 0 Å². The molecule has 0 aliphatic heterocycles. The van der Waals surface area contributed by atoms with Crippen molar-refractivity contribution < 1.29 is 13.7 Å². The van der Waals surface area contributed by atoms with E-state index < -0.39 is 5.82 Å². The van der Waals surface area contributed by atoms with Crippen LogP contribution in [-0.4, -0.2) is 16.7 Å². The van der Waals surface area contributed by atoms with Gasteiger partial charge in [0, 0.05) is 6.92 Å². The van der Waals surface area contributed by atoms with Gasteiger partial charge in [0.25, 0.3) is 0 Å². The summed E-state index contributed by atoms with van der Waals surface area (Å²) in [5, 5.41) is 3.68. The van der Waals surface area contributed by atoms with Gasteiger partial charge in [-0.05, 0) is 24.6 Å². The smallest absolute Gasteiger partial charge is 0.223 e. The Balaban J connectivity index is 2.12. The van der Waals surface area contributed by atoms with E-state index in [1.165, 1.54) is 6.07 Å². The average molecular weight is 251 g/mol. The van der Waals surface area contributed by atoms with Gasteiger partial charge < -0.3 is 15.0 Å².